The SMILES string of the molecule is C=CC[C@H](O)C[C@@H](O)CCOCc1ccccc1. The monoisotopic (exact) mass is 250 g/mol. The molecule has 3 nitrogen and oxygen atoms in total. The molecule has 0 amide bonds. The predicted molar refractivity (Wildman–Crippen MR) is 72.2 cm³/mol. The van der Waals surface area contributed by atoms with E-state index < -0.39 is 12.2 Å². The summed E-state index contributed by atoms with van der Waals surface area (Å²) < 4.78 is 5.47. The minimum atomic E-state index is -0.518. The molecule has 0 bridgehead atoms. The number of hydrogen-bond acceptors (Lipinski definition) is 3. The maximum Gasteiger partial charge on any atom is 0.0716 e. The van der Waals surface area contributed by atoms with Crippen molar-refractivity contribution < 1.29 is 14.9 Å². The van der Waals surface area contributed by atoms with E-state index >= 15 is 0 Å². The fourth-order valence-corrected chi connectivity index (χ4v) is 1.70. The van der Waals surface area contributed by atoms with Crippen LogP contribution in [0.4, 0.5) is 0 Å². The molecule has 2 atom stereocenters. The predicted octanol–water partition coefficient (Wildman–Crippen LogP) is 2.28. The van der Waals surface area contributed by atoms with E-state index in [-0.39, 0.29) is 0 Å². The highest BCUT2D eigenvalue weighted by molar-refractivity contribution is 5.13. The molecule has 0 radical (unpaired) electrons. The minimum Gasteiger partial charge on any atom is -0.393 e. The summed E-state index contributed by atoms with van der Waals surface area (Å²) in [4.78, 5) is 0. The van der Waals surface area contributed by atoms with Crippen molar-refractivity contribution in [3.05, 3.63) is 48.6 Å². The van der Waals surface area contributed by atoms with Gasteiger partial charge >= 0.3 is 0 Å². The Morgan fingerprint density at radius 2 is 1.89 bits per heavy atom. The van der Waals surface area contributed by atoms with Crippen LogP contribution in [-0.2, 0) is 11.3 Å². The van der Waals surface area contributed by atoms with Crippen LogP contribution in [0.1, 0.15) is 24.8 Å². The first-order valence-corrected chi connectivity index (χ1v) is 6.31. The maximum atomic E-state index is 9.67. The molecule has 18 heavy (non-hydrogen) atoms. The van der Waals surface area contributed by atoms with Crippen molar-refractivity contribution in [1.29, 1.82) is 0 Å². The maximum absolute atomic E-state index is 9.67. The molecule has 0 aromatic heterocycles. The van der Waals surface area contributed by atoms with Crippen molar-refractivity contribution in [1.82, 2.24) is 0 Å². The lowest BCUT2D eigenvalue weighted by atomic mass is 10.1. The van der Waals surface area contributed by atoms with Gasteiger partial charge in [-0.05, 0) is 24.8 Å². The Labute approximate surface area is 109 Å². The summed E-state index contributed by atoms with van der Waals surface area (Å²) in [7, 11) is 0. The number of rotatable bonds is 9. The smallest absolute Gasteiger partial charge is 0.0716 e. The van der Waals surface area contributed by atoms with Crippen LogP contribution in [0, 0.1) is 0 Å². The van der Waals surface area contributed by atoms with Gasteiger partial charge in [0.1, 0.15) is 0 Å². The van der Waals surface area contributed by atoms with Crippen LogP contribution in [0.25, 0.3) is 0 Å². The molecular formula is C15H22O3. The zero-order chi connectivity index (χ0) is 13.2. The van der Waals surface area contributed by atoms with Crippen LogP contribution in [0.2, 0.25) is 0 Å². The Bertz CT molecular complexity index is 324. The highest BCUT2D eigenvalue weighted by Gasteiger charge is 2.10. The number of hydrogen-bond donors (Lipinski definition) is 2. The van der Waals surface area contributed by atoms with Gasteiger partial charge in [0.15, 0.2) is 0 Å². The highest BCUT2D eigenvalue weighted by Crippen LogP contribution is 2.07. The average Bonchev–Trinajstić information content (AvgIpc) is 2.36. The van der Waals surface area contributed by atoms with Crippen molar-refractivity contribution in [2.45, 2.75) is 38.1 Å². The lowest BCUT2D eigenvalue weighted by Gasteiger charge is -2.14. The minimum absolute atomic E-state index is 0.376. The second-order valence-electron chi connectivity index (χ2n) is 4.39. The van der Waals surface area contributed by atoms with Crippen molar-refractivity contribution in [3.63, 3.8) is 0 Å². The fraction of sp³-hybridized carbons (Fsp3) is 0.467. The molecule has 0 heterocycles. The van der Waals surface area contributed by atoms with Gasteiger partial charge in [0, 0.05) is 6.61 Å². The Morgan fingerprint density at radius 1 is 1.17 bits per heavy atom. The van der Waals surface area contributed by atoms with Gasteiger partial charge in [-0.25, -0.2) is 0 Å². The Hall–Kier alpha value is -1.16. The summed E-state index contributed by atoms with van der Waals surface area (Å²) in [5.41, 5.74) is 1.12. The third kappa shape index (κ3) is 6.55. The normalized spacial score (nSPS) is 14.1. The highest BCUT2D eigenvalue weighted by atomic mass is 16.5. The van der Waals surface area contributed by atoms with Crippen molar-refractivity contribution in [2.24, 2.45) is 0 Å². The van der Waals surface area contributed by atoms with Crippen molar-refractivity contribution in [2.75, 3.05) is 6.61 Å². The molecule has 0 saturated heterocycles. The van der Waals surface area contributed by atoms with Crippen LogP contribution < -0.4 is 0 Å². The summed E-state index contributed by atoms with van der Waals surface area (Å²) >= 11 is 0. The van der Waals surface area contributed by atoms with Gasteiger partial charge < -0.3 is 14.9 Å². The second kappa shape index (κ2) is 8.86. The molecule has 0 saturated carbocycles. The van der Waals surface area contributed by atoms with E-state index in [0.29, 0.717) is 32.5 Å². The van der Waals surface area contributed by atoms with Crippen molar-refractivity contribution >= 4 is 0 Å². The van der Waals surface area contributed by atoms with E-state index in [1.54, 1.807) is 6.08 Å². The molecule has 0 fully saturated rings. The molecule has 0 spiro atoms. The summed E-state index contributed by atoms with van der Waals surface area (Å²) in [6, 6.07) is 9.92. The third-order valence-corrected chi connectivity index (χ3v) is 2.69. The van der Waals surface area contributed by atoms with Gasteiger partial charge in [-0.3, -0.25) is 0 Å². The Kier molecular flexibility index (Phi) is 7.34. The molecule has 1 aromatic rings. The molecule has 100 valence electrons. The van der Waals surface area contributed by atoms with Gasteiger partial charge in [-0.1, -0.05) is 36.4 Å². The summed E-state index contributed by atoms with van der Waals surface area (Å²) in [5, 5.41) is 19.2. The lowest BCUT2D eigenvalue weighted by molar-refractivity contribution is 0.0424. The average molecular weight is 250 g/mol. The number of ether oxygens (including phenoxy) is 1. The van der Waals surface area contributed by atoms with E-state index in [1.807, 2.05) is 30.3 Å². The Morgan fingerprint density at radius 3 is 2.56 bits per heavy atom. The second-order valence-corrected chi connectivity index (χ2v) is 4.39. The number of aliphatic hydroxyl groups excluding tert-OH is 2. The molecular weight excluding hydrogens is 228 g/mol. The van der Waals surface area contributed by atoms with E-state index in [1.165, 1.54) is 0 Å². The third-order valence-electron chi connectivity index (χ3n) is 2.69. The first kappa shape index (κ1) is 14.9. The van der Waals surface area contributed by atoms with Gasteiger partial charge in [-0.15, -0.1) is 6.58 Å². The summed E-state index contributed by atoms with van der Waals surface area (Å²) in [6.45, 7) is 4.61. The molecule has 3 heteroatoms. The molecule has 0 aliphatic carbocycles. The van der Waals surface area contributed by atoms with E-state index in [9.17, 15) is 10.2 Å². The largest absolute Gasteiger partial charge is 0.393 e. The summed E-state index contributed by atoms with van der Waals surface area (Å²) in [6.07, 6.45) is 2.06. The standard InChI is InChI=1S/C15H22O3/c1-2-6-14(16)11-15(17)9-10-18-12-13-7-4-3-5-8-13/h2-5,7-8,14-17H,1,6,9-12H2/t14-,15-/m0/s1. The first-order chi connectivity index (χ1) is 8.72. The lowest BCUT2D eigenvalue weighted by Crippen LogP contribution is -2.18. The molecule has 1 aromatic carbocycles. The quantitative estimate of drug-likeness (QED) is 0.522. The summed E-state index contributed by atoms with van der Waals surface area (Å²) in [5.74, 6) is 0. The molecule has 0 aliphatic heterocycles. The first-order valence-electron chi connectivity index (χ1n) is 6.31. The number of aliphatic hydroxyl groups is 2. The van der Waals surface area contributed by atoms with Crippen LogP contribution >= 0.6 is 0 Å². The zero-order valence-electron chi connectivity index (χ0n) is 10.7. The van der Waals surface area contributed by atoms with Crippen LogP contribution in [0.5, 0.6) is 0 Å². The molecule has 0 unspecified atom stereocenters. The molecule has 1 rings (SSSR count). The molecule has 2 N–H and O–H groups in total. The molecule has 0 aliphatic rings. The van der Waals surface area contributed by atoms with E-state index in [2.05, 4.69) is 6.58 Å². The topological polar surface area (TPSA) is 49.7 Å². The van der Waals surface area contributed by atoms with Gasteiger partial charge in [-0.2, -0.15) is 0 Å². The van der Waals surface area contributed by atoms with Crippen molar-refractivity contribution in [3.8, 4) is 0 Å². The zero-order valence-corrected chi connectivity index (χ0v) is 10.7. The van der Waals surface area contributed by atoms with Crippen LogP contribution in [0.3, 0.4) is 0 Å². The van der Waals surface area contributed by atoms with Crippen LogP contribution in [0.15, 0.2) is 43.0 Å². The van der Waals surface area contributed by atoms with Gasteiger partial charge in [0.2, 0.25) is 0 Å². The van der Waals surface area contributed by atoms with Gasteiger partial charge in [0.25, 0.3) is 0 Å². The van der Waals surface area contributed by atoms with E-state index in [4.69, 9.17) is 4.74 Å². The van der Waals surface area contributed by atoms with E-state index in [0.717, 1.165) is 5.56 Å². The van der Waals surface area contributed by atoms with Crippen LogP contribution in [-0.4, -0.2) is 29.0 Å². The van der Waals surface area contributed by atoms with Gasteiger partial charge in [0.05, 0.1) is 18.8 Å². The fourth-order valence-electron chi connectivity index (χ4n) is 1.70. The number of benzene rings is 1. The Balaban J connectivity index is 2.08.